The lowest BCUT2D eigenvalue weighted by Gasteiger charge is -2.18. The van der Waals surface area contributed by atoms with E-state index in [0.29, 0.717) is 34.8 Å². The van der Waals surface area contributed by atoms with Gasteiger partial charge in [-0.15, -0.1) is 0 Å². The number of amides is 1. The van der Waals surface area contributed by atoms with E-state index in [1.54, 1.807) is 12.1 Å². The molecule has 0 saturated heterocycles. The van der Waals surface area contributed by atoms with Gasteiger partial charge in [0.1, 0.15) is 25.0 Å². The van der Waals surface area contributed by atoms with E-state index in [2.05, 4.69) is 5.32 Å². The van der Waals surface area contributed by atoms with Crippen molar-refractivity contribution in [3.63, 3.8) is 0 Å². The van der Waals surface area contributed by atoms with Gasteiger partial charge in [-0.3, -0.25) is 4.79 Å². The molecule has 1 amide bonds. The number of hydrogen-bond acceptors (Lipinski definition) is 2. The van der Waals surface area contributed by atoms with Crippen LogP contribution in [0.15, 0.2) is 91.5 Å². The minimum absolute atomic E-state index is 0.0621. The standard InChI is InChI=1S/C27H24Cl3N3O2/c28-22-8-6-21(7-9-22)18-35-26(24-11-10-23(29)14-25(24)30)16-32-12-13-33(19-32)17-27(34)31-15-20-4-2-1-3-5-20/h1-14,19,26H,15-18H2/p+1. The van der Waals surface area contributed by atoms with E-state index in [1.807, 2.05) is 88.5 Å². The summed E-state index contributed by atoms with van der Waals surface area (Å²) < 4.78 is 10.1. The molecule has 1 aromatic heterocycles. The summed E-state index contributed by atoms with van der Waals surface area (Å²) in [6, 6.07) is 22.7. The molecule has 0 aliphatic rings. The number of aromatic nitrogens is 2. The molecule has 0 aliphatic heterocycles. The lowest BCUT2D eigenvalue weighted by molar-refractivity contribution is -0.684. The van der Waals surface area contributed by atoms with Crippen LogP contribution >= 0.6 is 34.8 Å². The first-order chi connectivity index (χ1) is 17.0. The second kappa shape index (κ2) is 12.2. The van der Waals surface area contributed by atoms with Gasteiger partial charge in [-0.1, -0.05) is 83.3 Å². The van der Waals surface area contributed by atoms with Gasteiger partial charge in [0.2, 0.25) is 6.33 Å². The summed E-state index contributed by atoms with van der Waals surface area (Å²) in [5.41, 5.74) is 2.90. The van der Waals surface area contributed by atoms with Gasteiger partial charge in [0.15, 0.2) is 6.54 Å². The zero-order valence-electron chi connectivity index (χ0n) is 18.9. The monoisotopic (exact) mass is 528 g/mol. The van der Waals surface area contributed by atoms with E-state index in [-0.39, 0.29) is 18.6 Å². The Kier molecular flexibility index (Phi) is 8.83. The van der Waals surface area contributed by atoms with Crippen LogP contribution in [0.2, 0.25) is 15.1 Å². The average molecular weight is 530 g/mol. The van der Waals surface area contributed by atoms with Gasteiger partial charge in [0.25, 0.3) is 5.91 Å². The highest BCUT2D eigenvalue weighted by molar-refractivity contribution is 6.35. The highest BCUT2D eigenvalue weighted by Crippen LogP contribution is 2.30. The van der Waals surface area contributed by atoms with E-state index in [0.717, 1.165) is 16.7 Å². The van der Waals surface area contributed by atoms with Crippen molar-refractivity contribution in [1.29, 1.82) is 0 Å². The van der Waals surface area contributed by atoms with Gasteiger partial charge in [-0.2, -0.15) is 0 Å². The Labute approximate surface area is 219 Å². The van der Waals surface area contributed by atoms with Gasteiger partial charge in [-0.05, 0) is 35.4 Å². The maximum absolute atomic E-state index is 12.4. The molecule has 35 heavy (non-hydrogen) atoms. The molecule has 0 radical (unpaired) electrons. The average Bonchev–Trinajstić information content (AvgIpc) is 3.29. The number of benzene rings is 3. The molecule has 1 unspecified atom stereocenters. The summed E-state index contributed by atoms with van der Waals surface area (Å²) in [5.74, 6) is -0.0621. The first kappa shape index (κ1) is 25.3. The maximum Gasteiger partial charge on any atom is 0.262 e. The molecule has 0 spiro atoms. The first-order valence-electron chi connectivity index (χ1n) is 11.1. The van der Waals surface area contributed by atoms with Crippen molar-refractivity contribution in [3.8, 4) is 0 Å². The van der Waals surface area contributed by atoms with Crippen LogP contribution in [0.3, 0.4) is 0 Å². The summed E-state index contributed by atoms with van der Waals surface area (Å²) in [5, 5.41) is 4.73. The van der Waals surface area contributed by atoms with E-state index < -0.39 is 0 Å². The largest absolute Gasteiger partial charge is 0.365 e. The molecule has 180 valence electrons. The van der Waals surface area contributed by atoms with Crippen LogP contribution in [0.5, 0.6) is 0 Å². The predicted molar refractivity (Wildman–Crippen MR) is 138 cm³/mol. The van der Waals surface area contributed by atoms with Gasteiger partial charge in [0.05, 0.1) is 6.61 Å². The second-order valence-corrected chi connectivity index (χ2v) is 9.42. The molecule has 0 fully saturated rings. The quantitative estimate of drug-likeness (QED) is 0.256. The molecule has 4 aromatic rings. The first-order valence-corrected chi connectivity index (χ1v) is 12.3. The van der Waals surface area contributed by atoms with Gasteiger partial charge in [-0.25, -0.2) is 9.13 Å². The van der Waals surface area contributed by atoms with E-state index in [1.165, 1.54) is 0 Å². The Morgan fingerprint density at radius 3 is 2.43 bits per heavy atom. The zero-order valence-corrected chi connectivity index (χ0v) is 21.2. The van der Waals surface area contributed by atoms with Crippen LogP contribution in [-0.2, 0) is 35.8 Å². The van der Waals surface area contributed by atoms with Crippen LogP contribution in [-0.4, -0.2) is 10.5 Å². The van der Waals surface area contributed by atoms with Crippen molar-refractivity contribution in [1.82, 2.24) is 9.88 Å². The van der Waals surface area contributed by atoms with Crippen LogP contribution in [0.4, 0.5) is 0 Å². The Hall–Kier alpha value is -2.83. The number of carbonyl (C=O) groups is 1. The molecule has 4 rings (SSSR count). The summed E-state index contributed by atoms with van der Waals surface area (Å²) >= 11 is 18.6. The number of hydrogen-bond donors (Lipinski definition) is 1. The second-order valence-electron chi connectivity index (χ2n) is 8.14. The molecular formula is C27H25Cl3N3O2+. The lowest BCUT2D eigenvalue weighted by atomic mass is 10.1. The molecule has 0 bridgehead atoms. The molecule has 1 N–H and O–H groups in total. The van der Waals surface area contributed by atoms with Crippen molar-refractivity contribution < 1.29 is 14.1 Å². The minimum Gasteiger partial charge on any atom is -0.365 e. The van der Waals surface area contributed by atoms with Crippen molar-refractivity contribution in [2.45, 2.75) is 32.3 Å². The smallest absolute Gasteiger partial charge is 0.262 e. The Balaban J connectivity index is 1.41. The summed E-state index contributed by atoms with van der Waals surface area (Å²) in [6.45, 7) is 1.62. The van der Waals surface area contributed by atoms with Gasteiger partial charge >= 0.3 is 0 Å². The van der Waals surface area contributed by atoms with Crippen LogP contribution < -0.4 is 9.88 Å². The zero-order chi connectivity index (χ0) is 24.6. The fraction of sp³-hybridized carbons (Fsp3) is 0.185. The molecular weight excluding hydrogens is 505 g/mol. The summed E-state index contributed by atoms with van der Waals surface area (Å²) in [6.07, 6.45) is 5.32. The van der Waals surface area contributed by atoms with Crippen LogP contribution in [0, 0.1) is 0 Å². The number of carbonyl (C=O) groups excluding carboxylic acids is 1. The summed E-state index contributed by atoms with van der Waals surface area (Å²) in [7, 11) is 0. The maximum atomic E-state index is 12.4. The lowest BCUT2D eigenvalue weighted by Crippen LogP contribution is -2.41. The number of nitrogens with one attached hydrogen (secondary N) is 1. The molecule has 3 aromatic carbocycles. The third kappa shape index (κ3) is 7.58. The molecule has 5 nitrogen and oxygen atoms in total. The molecule has 8 heteroatoms. The number of ether oxygens (including phenoxy) is 1. The predicted octanol–water partition coefficient (Wildman–Crippen LogP) is 6.01. The Morgan fingerprint density at radius 1 is 0.943 bits per heavy atom. The van der Waals surface area contributed by atoms with E-state index in [4.69, 9.17) is 39.5 Å². The Bertz CT molecular complexity index is 1260. The molecule has 0 aliphatic carbocycles. The van der Waals surface area contributed by atoms with Crippen LogP contribution in [0.1, 0.15) is 22.8 Å². The number of halogens is 3. The van der Waals surface area contributed by atoms with E-state index >= 15 is 0 Å². The molecule has 1 atom stereocenters. The number of imidazole rings is 1. The number of nitrogens with zero attached hydrogens (tertiary/aromatic N) is 2. The fourth-order valence-corrected chi connectivity index (χ4v) is 4.29. The highest BCUT2D eigenvalue weighted by atomic mass is 35.5. The third-order valence-electron chi connectivity index (χ3n) is 5.46. The molecule has 1 heterocycles. The van der Waals surface area contributed by atoms with Gasteiger partial charge in [0, 0.05) is 27.2 Å². The highest BCUT2D eigenvalue weighted by Gasteiger charge is 2.20. The summed E-state index contributed by atoms with van der Waals surface area (Å²) in [4.78, 5) is 12.4. The van der Waals surface area contributed by atoms with Crippen molar-refractivity contribution in [2.75, 3.05) is 0 Å². The van der Waals surface area contributed by atoms with Crippen molar-refractivity contribution >= 4 is 40.7 Å². The molecule has 0 saturated carbocycles. The third-order valence-corrected chi connectivity index (χ3v) is 6.27. The topological polar surface area (TPSA) is 47.1 Å². The SMILES string of the molecule is O=C(C[n+]1ccn(CC(OCc2ccc(Cl)cc2)c2ccc(Cl)cc2Cl)c1)NCc1ccccc1. The normalized spacial score (nSPS) is 11.9. The van der Waals surface area contributed by atoms with E-state index in [9.17, 15) is 4.79 Å². The minimum atomic E-state index is -0.330. The van der Waals surface area contributed by atoms with Crippen molar-refractivity contribution in [2.24, 2.45) is 0 Å². The Morgan fingerprint density at radius 2 is 1.69 bits per heavy atom. The van der Waals surface area contributed by atoms with Crippen molar-refractivity contribution in [3.05, 3.63) is 123 Å². The van der Waals surface area contributed by atoms with Crippen LogP contribution in [0.25, 0.3) is 0 Å². The number of rotatable bonds is 10. The fourth-order valence-electron chi connectivity index (χ4n) is 3.63. The van der Waals surface area contributed by atoms with Gasteiger partial charge < -0.3 is 10.1 Å².